The quantitative estimate of drug-likeness (QED) is 0.884. The summed E-state index contributed by atoms with van der Waals surface area (Å²) >= 11 is 0. The molecule has 3 rings (SSSR count). The maximum Gasteiger partial charge on any atom is 0.287 e. The van der Waals surface area contributed by atoms with Gasteiger partial charge in [0.05, 0.1) is 16.9 Å². The van der Waals surface area contributed by atoms with Gasteiger partial charge in [-0.15, -0.1) is 0 Å². The minimum atomic E-state index is -0.401. The largest absolute Gasteiger partial charge is 0.347 e. The van der Waals surface area contributed by atoms with E-state index in [1.54, 1.807) is 24.3 Å². The van der Waals surface area contributed by atoms with E-state index in [0.717, 1.165) is 18.5 Å². The Balaban J connectivity index is 1.94. The van der Waals surface area contributed by atoms with Gasteiger partial charge >= 0.3 is 0 Å². The third kappa shape index (κ3) is 3.45. The molecule has 0 atom stereocenters. The zero-order valence-corrected chi connectivity index (χ0v) is 14.9. The fourth-order valence-corrected chi connectivity index (χ4v) is 3.10. The van der Waals surface area contributed by atoms with Crippen LogP contribution in [0, 0.1) is 11.3 Å². The van der Waals surface area contributed by atoms with E-state index < -0.39 is 5.91 Å². The van der Waals surface area contributed by atoms with Gasteiger partial charge in [-0.25, -0.2) is 4.98 Å². The predicted molar refractivity (Wildman–Crippen MR) is 96.9 cm³/mol. The number of rotatable bonds is 4. The van der Waals surface area contributed by atoms with Crippen molar-refractivity contribution in [3.8, 4) is 6.07 Å². The summed E-state index contributed by atoms with van der Waals surface area (Å²) in [7, 11) is 0. The molecule has 0 fully saturated rings. The molecule has 0 unspecified atom stereocenters. The molecule has 1 aromatic heterocycles. The van der Waals surface area contributed by atoms with Crippen molar-refractivity contribution >= 4 is 17.5 Å². The number of anilines is 1. The molecule has 26 heavy (non-hydrogen) atoms. The van der Waals surface area contributed by atoms with Gasteiger partial charge < -0.3 is 15.2 Å². The van der Waals surface area contributed by atoms with Crippen LogP contribution in [0.4, 0.5) is 5.69 Å². The van der Waals surface area contributed by atoms with E-state index in [0.29, 0.717) is 24.2 Å². The Hall–Kier alpha value is -3.14. The van der Waals surface area contributed by atoms with Crippen LogP contribution in [0.5, 0.6) is 0 Å². The molecule has 7 nitrogen and oxygen atoms in total. The minimum Gasteiger partial charge on any atom is -0.347 e. The summed E-state index contributed by atoms with van der Waals surface area (Å²) in [6.07, 6.45) is 2.60. The van der Waals surface area contributed by atoms with Crippen LogP contribution in [-0.4, -0.2) is 27.4 Å². The third-order valence-corrected chi connectivity index (χ3v) is 4.25. The average Bonchev–Trinajstić information content (AvgIpc) is 3.01. The number of fused-ring (bicyclic) bond motifs is 1. The zero-order chi connectivity index (χ0) is 18.7. The highest BCUT2D eigenvalue weighted by atomic mass is 16.2. The van der Waals surface area contributed by atoms with Crippen LogP contribution in [0.15, 0.2) is 24.3 Å². The van der Waals surface area contributed by atoms with Gasteiger partial charge in [0, 0.05) is 12.6 Å². The second kappa shape index (κ2) is 7.40. The van der Waals surface area contributed by atoms with E-state index in [-0.39, 0.29) is 23.5 Å². The molecule has 7 heteroatoms. The van der Waals surface area contributed by atoms with Crippen LogP contribution >= 0.6 is 0 Å². The monoisotopic (exact) mass is 351 g/mol. The first-order chi connectivity index (χ1) is 12.5. The summed E-state index contributed by atoms with van der Waals surface area (Å²) in [5, 5.41) is 14.8. The molecule has 1 aromatic carbocycles. The maximum absolute atomic E-state index is 12.8. The van der Waals surface area contributed by atoms with Crippen LogP contribution < -0.4 is 10.6 Å². The number of carbonyl (C=O) groups excluding carboxylic acids is 2. The summed E-state index contributed by atoms with van der Waals surface area (Å²) in [6, 6.07) is 8.84. The van der Waals surface area contributed by atoms with Gasteiger partial charge in [-0.2, -0.15) is 5.26 Å². The SMILES string of the molecule is CC(C)NC(=O)c1nc(C(=O)Nc2ccccc2C#N)c2n1CCCC2. The van der Waals surface area contributed by atoms with Gasteiger partial charge in [0.25, 0.3) is 11.8 Å². The van der Waals surface area contributed by atoms with Gasteiger partial charge in [0.1, 0.15) is 6.07 Å². The molecule has 0 radical (unpaired) electrons. The Morgan fingerprint density at radius 2 is 2.00 bits per heavy atom. The second-order valence-electron chi connectivity index (χ2n) is 6.58. The number of aromatic nitrogens is 2. The number of para-hydroxylation sites is 1. The number of imidazole rings is 1. The van der Waals surface area contributed by atoms with Crippen molar-refractivity contribution in [2.75, 3.05) is 5.32 Å². The van der Waals surface area contributed by atoms with E-state index in [1.165, 1.54) is 0 Å². The predicted octanol–water partition coefficient (Wildman–Crippen LogP) is 2.48. The number of nitrogens with one attached hydrogen (secondary N) is 2. The summed E-state index contributed by atoms with van der Waals surface area (Å²) in [5.41, 5.74) is 1.85. The highest BCUT2D eigenvalue weighted by molar-refractivity contribution is 6.05. The van der Waals surface area contributed by atoms with Crippen LogP contribution in [0.3, 0.4) is 0 Å². The van der Waals surface area contributed by atoms with E-state index in [1.807, 2.05) is 18.4 Å². The molecule has 0 saturated carbocycles. The molecule has 2 N–H and O–H groups in total. The van der Waals surface area contributed by atoms with Gasteiger partial charge in [-0.1, -0.05) is 12.1 Å². The molecule has 0 bridgehead atoms. The minimum absolute atomic E-state index is 0.0150. The number of carbonyl (C=O) groups is 2. The van der Waals surface area contributed by atoms with Crippen LogP contribution in [0.1, 0.15) is 59.1 Å². The van der Waals surface area contributed by atoms with Gasteiger partial charge in [-0.3, -0.25) is 9.59 Å². The number of amides is 2. The molecule has 0 spiro atoms. The first-order valence-electron chi connectivity index (χ1n) is 8.72. The molecule has 0 aliphatic carbocycles. The number of benzene rings is 1. The topological polar surface area (TPSA) is 99.8 Å². The molecule has 0 saturated heterocycles. The van der Waals surface area contributed by atoms with Crippen molar-refractivity contribution in [3.05, 3.63) is 47.0 Å². The Bertz CT molecular complexity index is 892. The van der Waals surface area contributed by atoms with E-state index in [2.05, 4.69) is 21.7 Å². The molecule has 2 amide bonds. The lowest BCUT2D eigenvalue weighted by atomic mass is 10.1. The second-order valence-corrected chi connectivity index (χ2v) is 6.58. The van der Waals surface area contributed by atoms with Gasteiger partial charge in [-0.05, 0) is 45.2 Å². The van der Waals surface area contributed by atoms with Gasteiger partial charge in [0.15, 0.2) is 11.5 Å². The zero-order valence-electron chi connectivity index (χ0n) is 14.9. The molecular formula is C19H21N5O2. The van der Waals surface area contributed by atoms with Crippen LogP contribution in [-0.2, 0) is 13.0 Å². The molecule has 2 aromatic rings. The van der Waals surface area contributed by atoms with Crippen molar-refractivity contribution in [2.24, 2.45) is 0 Å². The fourth-order valence-electron chi connectivity index (χ4n) is 3.10. The van der Waals surface area contributed by atoms with Crippen LogP contribution in [0.25, 0.3) is 0 Å². The van der Waals surface area contributed by atoms with Gasteiger partial charge in [0.2, 0.25) is 0 Å². The highest BCUT2D eigenvalue weighted by Gasteiger charge is 2.28. The summed E-state index contributed by atoms with van der Waals surface area (Å²) in [6.45, 7) is 4.43. The van der Waals surface area contributed by atoms with Crippen molar-refractivity contribution in [1.82, 2.24) is 14.9 Å². The van der Waals surface area contributed by atoms with E-state index in [9.17, 15) is 14.9 Å². The number of nitriles is 1. The van der Waals surface area contributed by atoms with Crippen molar-refractivity contribution < 1.29 is 9.59 Å². The Kier molecular flexibility index (Phi) is 5.03. The first-order valence-corrected chi connectivity index (χ1v) is 8.72. The smallest absolute Gasteiger partial charge is 0.287 e. The van der Waals surface area contributed by atoms with E-state index >= 15 is 0 Å². The average molecular weight is 351 g/mol. The molecule has 2 heterocycles. The summed E-state index contributed by atoms with van der Waals surface area (Å²) < 4.78 is 1.84. The normalized spacial score (nSPS) is 13.0. The summed E-state index contributed by atoms with van der Waals surface area (Å²) in [5.74, 6) is -0.409. The number of hydrogen-bond acceptors (Lipinski definition) is 4. The number of hydrogen-bond donors (Lipinski definition) is 2. The molecule has 1 aliphatic rings. The molecule has 134 valence electrons. The Morgan fingerprint density at radius 1 is 1.23 bits per heavy atom. The molecule has 1 aliphatic heterocycles. The van der Waals surface area contributed by atoms with Crippen molar-refractivity contribution in [2.45, 2.75) is 45.7 Å². The lowest BCUT2D eigenvalue weighted by molar-refractivity contribution is 0.0927. The van der Waals surface area contributed by atoms with E-state index in [4.69, 9.17) is 0 Å². The lowest BCUT2D eigenvalue weighted by Crippen LogP contribution is -2.33. The Morgan fingerprint density at radius 3 is 2.73 bits per heavy atom. The maximum atomic E-state index is 12.8. The van der Waals surface area contributed by atoms with Crippen molar-refractivity contribution in [3.63, 3.8) is 0 Å². The highest BCUT2D eigenvalue weighted by Crippen LogP contribution is 2.23. The Labute approximate surface area is 152 Å². The standard InChI is InChI=1S/C19H21N5O2/c1-12(2)21-19(26)17-23-16(15-9-5-6-10-24(15)17)18(25)22-14-8-4-3-7-13(14)11-20/h3-4,7-8,12H,5-6,9-10H2,1-2H3,(H,21,26)(H,22,25). The summed E-state index contributed by atoms with van der Waals surface area (Å²) in [4.78, 5) is 29.6. The number of nitrogens with zero attached hydrogens (tertiary/aromatic N) is 3. The lowest BCUT2D eigenvalue weighted by Gasteiger charge is -2.17. The third-order valence-electron chi connectivity index (χ3n) is 4.25. The van der Waals surface area contributed by atoms with Crippen LogP contribution in [0.2, 0.25) is 0 Å². The first kappa shape index (κ1) is 17.7. The van der Waals surface area contributed by atoms with Crippen molar-refractivity contribution in [1.29, 1.82) is 5.26 Å². The molecular weight excluding hydrogens is 330 g/mol. The fraction of sp³-hybridized carbons (Fsp3) is 0.368.